The summed E-state index contributed by atoms with van der Waals surface area (Å²) in [5.74, 6) is 1.56. The van der Waals surface area contributed by atoms with Crippen LogP contribution in [-0.2, 0) is 13.0 Å². The molecule has 138 valence electrons. The topological polar surface area (TPSA) is 70.2 Å². The van der Waals surface area contributed by atoms with Gasteiger partial charge in [-0.1, -0.05) is 18.2 Å². The van der Waals surface area contributed by atoms with Crippen molar-refractivity contribution in [3.63, 3.8) is 0 Å². The third-order valence-corrected chi connectivity index (χ3v) is 5.16. The van der Waals surface area contributed by atoms with Crippen LogP contribution in [0.4, 0.5) is 5.82 Å². The molecular weight excluding hydrogens is 328 g/mol. The van der Waals surface area contributed by atoms with Crippen LogP contribution in [0.5, 0.6) is 5.75 Å². The highest BCUT2D eigenvalue weighted by atomic mass is 16.5. The van der Waals surface area contributed by atoms with Gasteiger partial charge in [0.05, 0.1) is 0 Å². The van der Waals surface area contributed by atoms with Gasteiger partial charge in [-0.25, -0.2) is 4.98 Å². The molecule has 26 heavy (non-hydrogen) atoms. The maximum atomic E-state index is 12.0. The number of ether oxygens (including phenoxy) is 1. The Morgan fingerprint density at radius 1 is 1.42 bits per heavy atom. The van der Waals surface area contributed by atoms with E-state index in [1.54, 1.807) is 12.4 Å². The molecule has 6 heteroatoms. The molecule has 4 rings (SSSR count). The van der Waals surface area contributed by atoms with Gasteiger partial charge in [0, 0.05) is 50.1 Å². The summed E-state index contributed by atoms with van der Waals surface area (Å²) in [5, 5.41) is 3.65. The summed E-state index contributed by atoms with van der Waals surface area (Å²) in [5.41, 5.74) is 2.25. The molecule has 1 aromatic carbocycles. The van der Waals surface area contributed by atoms with Crippen molar-refractivity contribution in [1.82, 2.24) is 15.3 Å². The van der Waals surface area contributed by atoms with Crippen LogP contribution in [0.15, 0.2) is 35.4 Å². The van der Waals surface area contributed by atoms with E-state index >= 15 is 0 Å². The van der Waals surface area contributed by atoms with Crippen LogP contribution in [-0.4, -0.2) is 34.7 Å². The Balaban J connectivity index is 1.43. The molecule has 1 atom stereocenters. The van der Waals surface area contributed by atoms with E-state index in [0.29, 0.717) is 11.9 Å². The first-order valence-corrected chi connectivity index (χ1v) is 9.34. The van der Waals surface area contributed by atoms with Gasteiger partial charge in [0.15, 0.2) is 5.82 Å². The molecule has 0 aliphatic carbocycles. The van der Waals surface area contributed by atoms with E-state index in [0.717, 1.165) is 44.6 Å². The van der Waals surface area contributed by atoms with Crippen LogP contribution in [0.25, 0.3) is 0 Å². The number of hydrogen-bond donors (Lipinski definition) is 2. The fourth-order valence-corrected chi connectivity index (χ4v) is 3.98. The number of rotatable bonds is 4. The zero-order valence-corrected chi connectivity index (χ0v) is 15.4. The Morgan fingerprint density at radius 3 is 3.15 bits per heavy atom. The van der Waals surface area contributed by atoms with Gasteiger partial charge in [-0.3, -0.25) is 4.79 Å². The largest absolute Gasteiger partial charge is 0.487 e. The highest BCUT2D eigenvalue weighted by Crippen LogP contribution is 2.37. The number of H-pyrrole nitrogens is 1. The Kier molecular flexibility index (Phi) is 4.44. The first kappa shape index (κ1) is 17.1. The summed E-state index contributed by atoms with van der Waals surface area (Å²) in [6.45, 7) is 6.70. The van der Waals surface area contributed by atoms with Gasteiger partial charge in [-0.2, -0.15) is 0 Å². The average Bonchev–Trinajstić information content (AvgIpc) is 2.95. The van der Waals surface area contributed by atoms with Crippen molar-refractivity contribution in [1.29, 1.82) is 0 Å². The lowest BCUT2D eigenvalue weighted by molar-refractivity contribution is 0.137. The number of para-hydroxylation sites is 1. The third kappa shape index (κ3) is 3.46. The molecule has 0 unspecified atom stereocenters. The fourth-order valence-electron chi connectivity index (χ4n) is 3.98. The smallest absolute Gasteiger partial charge is 0.290 e. The second-order valence-corrected chi connectivity index (χ2v) is 7.85. The van der Waals surface area contributed by atoms with Crippen molar-refractivity contribution < 1.29 is 4.74 Å². The normalized spacial score (nSPS) is 21.3. The molecule has 0 radical (unpaired) electrons. The van der Waals surface area contributed by atoms with E-state index in [2.05, 4.69) is 52.2 Å². The van der Waals surface area contributed by atoms with Crippen LogP contribution < -0.4 is 20.5 Å². The van der Waals surface area contributed by atoms with Gasteiger partial charge in [0.25, 0.3) is 5.56 Å². The molecule has 0 saturated carbocycles. The first-order valence-electron chi connectivity index (χ1n) is 9.34. The number of hydrogen-bond acceptors (Lipinski definition) is 5. The number of anilines is 1. The van der Waals surface area contributed by atoms with E-state index in [4.69, 9.17) is 4.74 Å². The average molecular weight is 354 g/mol. The van der Waals surface area contributed by atoms with Crippen LogP contribution in [0, 0.1) is 0 Å². The third-order valence-electron chi connectivity index (χ3n) is 5.16. The maximum Gasteiger partial charge on any atom is 0.290 e. The van der Waals surface area contributed by atoms with Crippen molar-refractivity contribution in [3.05, 3.63) is 52.1 Å². The minimum atomic E-state index is -0.125. The van der Waals surface area contributed by atoms with Crippen LogP contribution in [0.1, 0.15) is 37.8 Å². The molecule has 0 bridgehead atoms. The second-order valence-electron chi connectivity index (χ2n) is 7.85. The molecule has 2 aromatic rings. The molecule has 0 spiro atoms. The predicted molar refractivity (Wildman–Crippen MR) is 102 cm³/mol. The number of fused-ring (bicyclic) bond motifs is 1. The van der Waals surface area contributed by atoms with Gasteiger partial charge in [-0.05, 0) is 32.3 Å². The van der Waals surface area contributed by atoms with Gasteiger partial charge in [0.1, 0.15) is 11.4 Å². The molecule has 2 aliphatic rings. The first-order chi connectivity index (χ1) is 12.5. The SMILES string of the molecule is CC1(C)Cc2cccc(CN[C@H]3CCCN(c4ncc[nH]c4=O)C3)c2O1. The zero-order valence-electron chi connectivity index (χ0n) is 15.4. The van der Waals surface area contributed by atoms with Crippen LogP contribution in [0.2, 0.25) is 0 Å². The highest BCUT2D eigenvalue weighted by Gasteiger charge is 2.31. The molecule has 1 aromatic heterocycles. The van der Waals surface area contributed by atoms with E-state index in [1.165, 1.54) is 11.1 Å². The molecule has 1 saturated heterocycles. The minimum absolute atomic E-state index is 0.121. The Labute approximate surface area is 153 Å². The Bertz CT molecular complexity index is 846. The number of piperidine rings is 1. The summed E-state index contributed by atoms with van der Waals surface area (Å²) in [4.78, 5) is 21.0. The number of nitrogens with one attached hydrogen (secondary N) is 2. The molecule has 2 aliphatic heterocycles. The summed E-state index contributed by atoms with van der Waals surface area (Å²) in [7, 11) is 0. The minimum Gasteiger partial charge on any atom is -0.487 e. The Morgan fingerprint density at radius 2 is 2.31 bits per heavy atom. The van der Waals surface area contributed by atoms with Crippen molar-refractivity contribution >= 4 is 5.82 Å². The maximum absolute atomic E-state index is 12.0. The summed E-state index contributed by atoms with van der Waals surface area (Å²) in [6.07, 6.45) is 6.31. The number of benzene rings is 1. The van der Waals surface area contributed by atoms with Crippen molar-refractivity contribution in [2.75, 3.05) is 18.0 Å². The van der Waals surface area contributed by atoms with Crippen LogP contribution >= 0.6 is 0 Å². The molecular formula is C20H26N4O2. The van der Waals surface area contributed by atoms with Crippen molar-refractivity contribution in [3.8, 4) is 5.75 Å². The van der Waals surface area contributed by atoms with E-state index in [1.807, 2.05) is 0 Å². The van der Waals surface area contributed by atoms with E-state index in [9.17, 15) is 4.79 Å². The number of aromatic amines is 1. The standard InChI is InChI=1S/C20H26N4O2/c1-20(2)11-14-5-3-6-15(17(14)26-20)12-23-16-7-4-10-24(13-16)18-19(25)22-9-8-21-18/h3,5-6,8-9,16,23H,4,7,10-13H2,1-2H3,(H,22,25)/t16-/m0/s1. The summed E-state index contributed by atoms with van der Waals surface area (Å²) in [6, 6.07) is 6.73. The number of nitrogens with zero attached hydrogens (tertiary/aromatic N) is 2. The number of aromatic nitrogens is 2. The lowest BCUT2D eigenvalue weighted by Crippen LogP contribution is -2.47. The second kappa shape index (κ2) is 6.76. The monoisotopic (exact) mass is 354 g/mol. The van der Waals surface area contributed by atoms with E-state index in [-0.39, 0.29) is 11.2 Å². The summed E-state index contributed by atoms with van der Waals surface area (Å²) >= 11 is 0. The van der Waals surface area contributed by atoms with Gasteiger partial charge >= 0.3 is 0 Å². The van der Waals surface area contributed by atoms with Crippen LogP contribution in [0.3, 0.4) is 0 Å². The van der Waals surface area contributed by atoms with Crippen molar-refractivity contribution in [2.24, 2.45) is 0 Å². The predicted octanol–water partition coefficient (Wildman–Crippen LogP) is 2.24. The molecule has 3 heterocycles. The van der Waals surface area contributed by atoms with Gasteiger partial charge in [0.2, 0.25) is 0 Å². The zero-order chi connectivity index (χ0) is 18.1. The molecule has 0 amide bonds. The summed E-state index contributed by atoms with van der Waals surface area (Å²) < 4.78 is 6.17. The lowest BCUT2D eigenvalue weighted by Gasteiger charge is -2.33. The lowest BCUT2D eigenvalue weighted by atomic mass is 10.00. The van der Waals surface area contributed by atoms with Gasteiger partial charge < -0.3 is 19.9 Å². The van der Waals surface area contributed by atoms with E-state index < -0.39 is 0 Å². The molecule has 1 fully saturated rings. The molecule has 2 N–H and O–H groups in total. The highest BCUT2D eigenvalue weighted by molar-refractivity contribution is 5.45. The van der Waals surface area contributed by atoms with Crippen molar-refractivity contribution in [2.45, 2.75) is 51.3 Å². The molecule has 6 nitrogen and oxygen atoms in total. The van der Waals surface area contributed by atoms with Gasteiger partial charge in [-0.15, -0.1) is 0 Å². The Hall–Kier alpha value is -2.34. The quantitative estimate of drug-likeness (QED) is 0.881. The fraction of sp³-hybridized carbons (Fsp3) is 0.500.